The van der Waals surface area contributed by atoms with Crippen LogP contribution in [0.5, 0.6) is 0 Å². The SMILES string of the molecule is CCCCCC1(c2cccc(C(F)(F)F)c2)CCNC1. The maximum atomic E-state index is 12.9. The zero-order chi connectivity index (χ0) is 14.6. The standard InChI is InChI=1S/C16H22F3N/c1-2-3-4-8-15(9-10-20-12-15)13-6-5-7-14(11-13)16(17,18)19/h5-7,11,20H,2-4,8-10,12H2,1H3. The molecule has 2 rings (SSSR count). The van der Waals surface area contributed by atoms with Crippen molar-refractivity contribution in [3.8, 4) is 0 Å². The van der Waals surface area contributed by atoms with Crippen molar-refractivity contribution in [2.75, 3.05) is 13.1 Å². The Balaban J connectivity index is 2.25. The van der Waals surface area contributed by atoms with E-state index in [1.54, 1.807) is 0 Å². The van der Waals surface area contributed by atoms with Gasteiger partial charge in [0.25, 0.3) is 0 Å². The van der Waals surface area contributed by atoms with E-state index in [0.29, 0.717) is 0 Å². The van der Waals surface area contributed by atoms with Crippen molar-refractivity contribution >= 4 is 0 Å². The summed E-state index contributed by atoms with van der Waals surface area (Å²) in [6.07, 6.45) is 0.987. The second kappa shape index (κ2) is 6.17. The maximum absolute atomic E-state index is 12.9. The number of nitrogens with one attached hydrogen (secondary N) is 1. The first-order chi connectivity index (χ1) is 9.48. The summed E-state index contributed by atoms with van der Waals surface area (Å²) in [6, 6.07) is 5.90. The third-order valence-electron chi connectivity index (χ3n) is 4.30. The molecule has 4 heteroatoms. The fourth-order valence-electron chi connectivity index (χ4n) is 3.09. The highest BCUT2D eigenvalue weighted by atomic mass is 19.4. The van der Waals surface area contributed by atoms with Crippen LogP contribution in [0.1, 0.15) is 50.2 Å². The van der Waals surface area contributed by atoms with E-state index in [2.05, 4.69) is 12.2 Å². The summed E-state index contributed by atoms with van der Waals surface area (Å²) >= 11 is 0. The van der Waals surface area contributed by atoms with Crippen molar-refractivity contribution in [1.82, 2.24) is 5.32 Å². The minimum atomic E-state index is -4.26. The molecule has 0 amide bonds. The molecule has 1 aromatic rings. The van der Waals surface area contributed by atoms with Crippen LogP contribution >= 0.6 is 0 Å². The van der Waals surface area contributed by atoms with Gasteiger partial charge < -0.3 is 5.32 Å². The first-order valence-corrected chi connectivity index (χ1v) is 7.36. The average Bonchev–Trinajstić information content (AvgIpc) is 2.88. The molecule has 0 aliphatic carbocycles. The van der Waals surface area contributed by atoms with Crippen molar-refractivity contribution < 1.29 is 13.2 Å². The molecule has 1 atom stereocenters. The van der Waals surface area contributed by atoms with Gasteiger partial charge in [-0.05, 0) is 31.0 Å². The first kappa shape index (κ1) is 15.4. The predicted octanol–water partition coefficient (Wildman–Crippen LogP) is 4.52. The zero-order valence-corrected chi connectivity index (χ0v) is 11.9. The fourth-order valence-corrected chi connectivity index (χ4v) is 3.09. The largest absolute Gasteiger partial charge is 0.416 e. The van der Waals surface area contributed by atoms with Gasteiger partial charge >= 0.3 is 6.18 Å². The Morgan fingerprint density at radius 3 is 2.65 bits per heavy atom. The average molecular weight is 285 g/mol. The minimum Gasteiger partial charge on any atom is -0.316 e. The third-order valence-corrected chi connectivity index (χ3v) is 4.30. The molecule has 1 nitrogen and oxygen atoms in total. The first-order valence-electron chi connectivity index (χ1n) is 7.36. The van der Waals surface area contributed by atoms with Crippen LogP contribution in [0, 0.1) is 0 Å². The topological polar surface area (TPSA) is 12.0 Å². The monoisotopic (exact) mass is 285 g/mol. The second-order valence-electron chi connectivity index (χ2n) is 5.74. The Labute approximate surface area is 118 Å². The van der Waals surface area contributed by atoms with Gasteiger partial charge in [0.15, 0.2) is 0 Å². The highest BCUT2D eigenvalue weighted by Crippen LogP contribution is 2.38. The van der Waals surface area contributed by atoms with Gasteiger partial charge in [0, 0.05) is 12.0 Å². The molecule has 0 saturated carbocycles. The second-order valence-corrected chi connectivity index (χ2v) is 5.74. The molecule has 1 unspecified atom stereocenters. The number of unbranched alkanes of at least 4 members (excludes halogenated alkanes) is 2. The number of hydrogen-bond donors (Lipinski definition) is 1. The number of alkyl halides is 3. The summed E-state index contributed by atoms with van der Waals surface area (Å²) in [5.74, 6) is 0. The summed E-state index contributed by atoms with van der Waals surface area (Å²) in [5, 5.41) is 3.32. The van der Waals surface area contributed by atoms with Crippen molar-refractivity contribution in [1.29, 1.82) is 0 Å². The van der Waals surface area contributed by atoms with Crippen molar-refractivity contribution in [3.05, 3.63) is 35.4 Å². The van der Waals surface area contributed by atoms with Gasteiger partial charge in [-0.2, -0.15) is 13.2 Å². The summed E-state index contributed by atoms with van der Waals surface area (Å²) in [4.78, 5) is 0. The van der Waals surface area contributed by atoms with Gasteiger partial charge in [0.2, 0.25) is 0 Å². The number of benzene rings is 1. The minimum absolute atomic E-state index is 0.115. The van der Waals surface area contributed by atoms with Gasteiger partial charge in [-0.3, -0.25) is 0 Å². The maximum Gasteiger partial charge on any atom is 0.416 e. The Bertz CT molecular complexity index is 434. The lowest BCUT2D eigenvalue weighted by molar-refractivity contribution is -0.137. The van der Waals surface area contributed by atoms with Crippen LogP contribution in [0.25, 0.3) is 0 Å². The normalized spacial score (nSPS) is 23.2. The van der Waals surface area contributed by atoms with Crippen LogP contribution in [0.4, 0.5) is 13.2 Å². The molecule has 0 spiro atoms. The molecule has 0 aromatic heterocycles. The summed E-state index contributed by atoms with van der Waals surface area (Å²) in [6.45, 7) is 3.82. The van der Waals surface area contributed by atoms with Gasteiger partial charge in [0.05, 0.1) is 5.56 Å². The molecule has 1 aromatic carbocycles. The van der Waals surface area contributed by atoms with Crippen LogP contribution in [0.15, 0.2) is 24.3 Å². The lowest BCUT2D eigenvalue weighted by atomic mass is 9.75. The van der Waals surface area contributed by atoms with Gasteiger partial charge in [-0.25, -0.2) is 0 Å². The molecule has 112 valence electrons. The highest BCUT2D eigenvalue weighted by Gasteiger charge is 2.37. The van der Waals surface area contributed by atoms with E-state index in [1.807, 2.05) is 6.07 Å². The lowest BCUT2D eigenvalue weighted by Gasteiger charge is -2.29. The summed E-state index contributed by atoms with van der Waals surface area (Å²) in [7, 11) is 0. The number of hydrogen-bond acceptors (Lipinski definition) is 1. The predicted molar refractivity (Wildman–Crippen MR) is 74.8 cm³/mol. The van der Waals surface area contributed by atoms with Crippen molar-refractivity contribution in [3.63, 3.8) is 0 Å². The van der Waals surface area contributed by atoms with Gasteiger partial charge in [-0.1, -0.05) is 44.4 Å². The molecule has 20 heavy (non-hydrogen) atoms. The van der Waals surface area contributed by atoms with Gasteiger partial charge in [-0.15, -0.1) is 0 Å². The zero-order valence-electron chi connectivity index (χ0n) is 11.9. The molecule has 1 saturated heterocycles. The van der Waals surface area contributed by atoms with E-state index in [4.69, 9.17) is 0 Å². The molecule has 1 fully saturated rings. The summed E-state index contributed by atoms with van der Waals surface area (Å²) < 4.78 is 38.6. The van der Waals surface area contributed by atoms with E-state index in [9.17, 15) is 13.2 Å². The Hall–Kier alpha value is -1.03. The molecular formula is C16H22F3N. The highest BCUT2D eigenvalue weighted by molar-refractivity contribution is 5.33. The van der Waals surface area contributed by atoms with E-state index < -0.39 is 11.7 Å². The molecule has 0 bridgehead atoms. The quantitative estimate of drug-likeness (QED) is 0.784. The molecule has 1 N–H and O–H groups in total. The molecule has 1 aliphatic heterocycles. The Morgan fingerprint density at radius 2 is 2.05 bits per heavy atom. The number of rotatable bonds is 5. The van der Waals surface area contributed by atoms with E-state index in [-0.39, 0.29) is 5.41 Å². The fraction of sp³-hybridized carbons (Fsp3) is 0.625. The summed E-state index contributed by atoms with van der Waals surface area (Å²) in [5.41, 5.74) is 0.196. The van der Waals surface area contributed by atoms with Crippen LogP contribution in [0.2, 0.25) is 0 Å². The Kier molecular flexibility index (Phi) is 4.74. The number of halogens is 3. The van der Waals surface area contributed by atoms with Crippen LogP contribution in [-0.2, 0) is 11.6 Å². The van der Waals surface area contributed by atoms with E-state index in [0.717, 1.165) is 56.8 Å². The third kappa shape index (κ3) is 3.35. The lowest BCUT2D eigenvalue weighted by Crippen LogP contribution is -2.29. The van der Waals surface area contributed by atoms with Gasteiger partial charge in [0.1, 0.15) is 0 Å². The molecule has 1 aliphatic rings. The molecular weight excluding hydrogens is 263 g/mol. The van der Waals surface area contributed by atoms with Crippen LogP contribution < -0.4 is 5.32 Å². The Morgan fingerprint density at radius 1 is 1.25 bits per heavy atom. The van der Waals surface area contributed by atoms with E-state index in [1.165, 1.54) is 12.1 Å². The van der Waals surface area contributed by atoms with Crippen LogP contribution in [0.3, 0.4) is 0 Å². The van der Waals surface area contributed by atoms with Crippen LogP contribution in [-0.4, -0.2) is 13.1 Å². The smallest absolute Gasteiger partial charge is 0.316 e. The van der Waals surface area contributed by atoms with Crippen molar-refractivity contribution in [2.24, 2.45) is 0 Å². The van der Waals surface area contributed by atoms with Crippen molar-refractivity contribution in [2.45, 2.75) is 50.6 Å². The van der Waals surface area contributed by atoms with E-state index >= 15 is 0 Å². The molecule has 1 heterocycles. The molecule has 0 radical (unpaired) electrons.